The first kappa shape index (κ1) is 15.1. The van der Waals surface area contributed by atoms with Gasteiger partial charge in [0.1, 0.15) is 0 Å². The van der Waals surface area contributed by atoms with Gasteiger partial charge in [0.2, 0.25) is 6.54 Å². The SMILES string of the molecule is O=C(C[n+]1ccc2c(c1)CCCC2)Nc1cccc([N+](=O)[O-])c1. The molecule has 3 rings (SSSR count). The summed E-state index contributed by atoms with van der Waals surface area (Å²) in [5.41, 5.74) is 3.07. The van der Waals surface area contributed by atoms with Crippen LogP contribution < -0.4 is 9.88 Å². The quantitative estimate of drug-likeness (QED) is 0.535. The first-order valence-corrected chi connectivity index (χ1v) is 7.67. The van der Waals surface area contributed by atoms with E-state index >= 15 is 0 Å². The Morgan fingerprint density at radius 3 is 2.78 bits per heavy atom. The van der Waals surface area contributed by atoms with Gasteiger partial charge in [-0.05, 0) is 37.3 Å². The summed E-state index contributed by atoms with van der Waals surface area (Å²) >= 11 is 0. The third-order valence-electron chi connectivity index (χ3n) is 4.01. The summed E-state index contributed by atoms with van der Waals surface area (Å²) in [4.78, 5) is 22.4. The summed E-state index contributed by atoms with van der Waals surface area (Å²) in [5, 5.41) is 13.5. The van der Waals surface area contributed by atoms with Crippen LogP contribution in [0.2, 0.25) is 0 Å². The van der Waals surface area contributed by atoms with Gasteiger partial charge in [0, 0.05) is 29.4 Å². The Morgan fingerprint density at radius 2 is 2.00 bits per heavy atom. The summed E-state index contributed by atoms with van der Waals surface area (Å²) in [6.07, 6.45) is 8.53. The molecule has 23 heavy (non-hydrogen) atoms. The third kappa shape index (κ3) is 3.71. The number of fused-ring (bicyclic) bond motifs is 1. The number of nitro benzene ring substituents is 1. The molecule has 0 bridgehead atoms. The second-order valence-corrected chi connectivity index (χ2v) is 5.73. The number of nitro groups is 1. The maximum atomic E-state index is 12.1. The number of non-ortho nitro benzene ring substituents is 1. The molecule has 0 atom stereocenters. The molecule has 118 valence electrons. The summed E-state index contributed by atoms with van der Waals surface area (Å²) in [5.74, 6) is -0.203. The number of aromatic nitrogens is 1. The predicted molar refractivity (Wildman–Crippen MR) is 85.0 cm³/mol. The highest BCUT2D eigenvalue weighted by Crippen LogP contribution is 2.19. The lowest BCUT2D eigenvalue weighted by molar-refractivity contribution is -0.684. The van der Waals surface area contributed by atoms with E-state index in [-0.39, 0.29) is 18.1 Å². The number of anilines is 1. The third-order valence-corrected chi connectivity index (χ3v) is 4.01. The van der Waals surface area contributed by atoms with Crippen LogP contribution >= 0.6 is 0 Å². The fraction of sp³-hybridized carbons (Fsp3) is 0.294. The molecule has 1 aromatic heterocycles. The van der Waals surface area contributed by atoms with Crippen LogP contribution in [0.25, 0.3) is 0 Å². The lowest BCUT2D eigenvalue weighted by atomic mass is 9.93. The minimum atomic E-state index is -0.478. The molecule has 1 heterocycles. The van der Waals surface area contributed by atoms with Crippen LogP contribution in [0, 0.1) is 10.1 Å². The van der Waals surface area contributed by atoms with Crippen molar-refractivity contribution in [1.82, 2.24) is 0 Å². The zero-order chi connectivity index (χ0) is 16.2. The largest absolute Gasteiger partial charge is 0.320 e. The van der Waals surface area contributed by atoms with Gasteiger partial charge in [-0.15, -0.1) is 0 Å². The van der Waals surface area contributed by atoms with E-state index in [4.69, 9.17) is 0 Å². The molecule has 6 heteroatoms. The number of pyridine rings is 1. The Labute approximate surface area is 133 Å². The number of benzene rings is 1. The fourth-order valence-electron chi connectivity index (χ4n) is 2.88. The van der Waals surface area contributed by atoms with Crippen LogP contribution in [-0.4, -0.2) is 10.8 Å². The van der Waals surface area contributed by atoms with E-state index in [1.165, 1.54) is 36.1 Å². The lowest BCUT2D eigenvalue weighted by Crippen LogP contribution is -2.40. The van der Waals surface area contributed by atoms with Gasteiger partial charge in [-0.2, -0.15) is 4.57 Å². The standard InChI is InChI=1S/C17H17N3O3/c21-17(18-15-6-3-7-16(10-15)20(22)23)12-19-9-8-13-4-1-2-5-14(13)11-19/h3,6-11H,1-2,4-5,12H2/p+1. The maximum absolute atomic E-state index is 12.1. The molecule has 1 aliphatic rings. The lowest BCUT2D eigenvalue weighted by Gasteiger charge is -2.13. The van der Waals surface area contributed by atoms with Crippen LogP contribution in [0.4, 0.5) is 11.4 Å². The molecule has 0 saturated carbocycles. The van der Waals surface area contributed by atoms with E-state index < -0.39 is 4.92 Å². The highest BCUT2D eigenvalue weighted by molar-refractivity contribution is 5.90. The fourth-order valence-corrected chi connectivity index (χ4v) is 2.88. The molecular weight excluding hydrogens is 294 g/mol. The van der Waals surface area contributed by atoms with E-state index in [9.17, 15) is 14.9 Å². The Hall–Kier alpha value is -2.76. The summed E-state index contributed by atoms with van der Waals surface area (Å²) in [7, 11) is 0. The number of carbonyl (C=O) groups is 1. The van der Waals surface area contributed by atoms with Crippen LogP contribution in [-0.2, 0) is 24.2 Å². The number of hydrogen-bond acceptors (Lipinski definition) is 3. The van der Waals surface area contributed by atoms with E-state index in [2.05, 4.69) is 11.4 Å². The number of nitrogens with one attached hydrogen (secondary N) is 1. The molecule has 1 aliphatic carbocycles. The summed E-state index contributed by atoms with van der Waals surface area (Å²) in [6.45, 7) is 0.190. The number of aryl methyl sites for hydroxylation is 2. The molecule has 6 nitrogen and oxygen atoms in total. The van der Waals surface area contributed by atoms with Crippen molar-refractivity contribution in [2.75, 3.05) is 5.32 Å². The minimum Gasteiger partial charge on any atom is -0.320 e. The van der Waals surface area contributed by atoms with Crippen molar-refractivity contribution in [3.8, 4) is 0 Å². The Kier molecular flexibility index (Phi) is 4.32. The van der Waals surface area contributed by atoms with Gasteiger partial charge in [-0.3, -0.25) is 14.9 Å². The molecule has 2 aromatic rings. The molecule has 1 amide bonds. The number of hydrogen-bond donors (Lipinski definition) is 1. The molecular formula is C17H18N3O3+. The van der Waals surface area contributed by atoms with Crippen molar-refractivity contribution in [1.29, 1.82) is 0 Å². The Morgan fingerprint density at radius 1 is 1.22 bits per heavy atom. The smallest absolute Gasteiger partial charge is 0.290 e. The van der Waals surface area contributed by atoms with Crippen LogP contribution in [0.3, 0.4) is 0 Å². The van der Waals surface area contributed by atoms with Crippen LogP contribution in [0.15, 0.2) is 42.7 Å². The van der Waals surface area contributed by atoms with E-state index in [0.717, 1.165) is 12.8 Å². The molecule has 0 unspecified atom stereocenters. The van der Waals surface area contributed by atoms with Crippen LogP contribution in [0.5, 0.6) is 0 Å². The van der Waals surface area contributed by atoms with E-state index in [0.29, 0.717) is 5.69 Å². The van der Waals surface area contributed by atoms with Crippen molar-refractivity contribution < 1.29 is 14.3 Å². The van der Waals surface area contributed by atoms with Crippen molar-refractivity contribution in [3.05, 3.63) is 64.0 Å². The van der Waals surface area contributed by atoms with Gasteiger partial charge in [0.25, 0.3) is 11.6 Å². The van der Waals surface area contributed by atoms with Crippen molar-refractivity contribution in [2.45, 2.75) is 32.2 Å². The molecule has 0 saturated heterocycles. The van der Waals surface area contributed by atoms with Crippen molar-refractivity contribution in [2.24, 2.45) is 0 Å². The van der Waals surface area contributed by atoms with Crippen LogP contribution in [0.1, 0.15) is 24.0 Å². The van der Waals surface area contributed by atoms with E-state index in [1.54, 1.807) is 12.1 Å². The minimum absolute atomic E-state index is 0.0377. The average Bonchev–Trinajstić information content (AvgIpc) is 2.55. The second kappa shape index (κ2) is 6.56. The number of nitrogens with zero attached hydrogens (tertiary/aromatic N) is 2. The summed E-state index contributed by atoms with van der Waals surface area (Å²) < 4.78 is 1.86. The molecule has 1 N–H and O–H groups in total. The zero-order valence-electron chi connectivity index (χ0n) is 12.7. The van der Waals surface area contributed by atoms with Gasteiger partial charge >= 0.3 is 0 Å². The van der Waals surface area contributed by atoms with Gasteiger partial charge in [0.15, 0.2) is 12.4 Å². The normalized spacial score (nSPS) is 13.2. The first-order chi connectivity index (χ1) is 11.1. The average molecular weight is 312 g/mol. The summed E-state index contributed by atoms with van der Waals surface area (Å²) in [6, 6.07) is 8.03. The topological polar surface area (TPSA) is 76.1 Å². The molecule has 0 aliphatic heterocycles. The maximum Gasteiger partial charge on any atom is 0.290 e. The second-order valence-electron chi connectivity index (χ2n) is 5.73. The van der Waals surface area contributed by atoms with Gasteiger partial charge < -0.3 is 5.32 Å². The molecule has 0 fully saturated rings. The number of rotatable bonds is 4. The highest BCUT2D eigenvalue weighted by Gasteiger charge is 2.16. The number of amides is 1. The molecule has 1 aromatic carbocycles. The first-order valence-electron chi connectivity index (χ1n) is 7.67. The monoisotopic (exact) mass is 312 g/mol. The van der Waals surface area contributed by atoms with Gasteiger partial charge in [0.05, 0.1) is 4.92 Å². The number of carbonyl (C=O) groups excluding carboxylic acids is 1. The van der Waals surface area contributed by atoms with Crippen molar-refractivity contribution in [3.63, 3.8) is 0 Å². The van der Waals surface area contributed by atoms with Gasteiger partial charge in [-0.25, -0.2) is 0 Å². The van der Waals surface area contributed by atoms with E-state index in [1.807, 2.05) is 17.0 Å². The predicted octanol–water partition coefficient (Wildman–Crippen LogP) is 2.40. The molecule has 0 spiro atoms. The van der Waals surface area contributed by atoms with Crippen molar-refractivity contribution >= 4 is 17.3 Å². The Balaban J connectivity index is 1.67. The van der Waals surface area contributed by atoms with Gasteiger partial charge in [-0.1, -0.05) is 6.07 Å². The zero-order valence-corrected chi connectivity index (χ0v) is 12.7. The molecule has 0 radical (unpaired) electrons. The Bertz CT molecular complexity index is 758. The highest BCUT2D eigenvalue weighted by atomic mass is 16.6.